The predicted molar refractivity (Wildman–Crippen MR) is 76.5 cm³/mol. The Labute approximate surface area is 112 Å². The molecule has 18 heavy (non-hydrogen) atoms. The molecule has 0 aromatic heterocycles. The highest BCUT2D eigenvalue weighted by Gasteiger charge is 2.26. The zero-order valence-corrected chi connectivity index (χ0v) is 13.0. The Morgan fingerprint density at radius 1 is 1.00 bits per heavy atom. The van der Waals surface area contributed by atoms with Crippen LogP contribution >= 0.6 is 0 Å². The molecule has 1 unspecified atom stereocenters. The first-order valence-corrected chi connectivity index (χ1v) is 6.77. The normalized spacial score (nSPS) is 13.1. The molecule has 1 atom stereocenters. The molecule has 0 aromatic rings. The molecular formula is C16H28O2. The van der Waals surface area contributed by atoms with Crippen molar-refractivity contribution < 1.29 is 9.59 Å². The molecule has 0 rings (SSSR count). The van der Waals surface area contributed by atoms with Gasteiger partial charge < -0.3 is 0 Å². The lowest BCUT2D eigenvalue weighted by molar-refractivity contribution is -0.125. The van der Waals surface area contributed by atoms with E-state index in [9.17, 15) is 9.59 Å². The van der Waals surface area contributed by atoms with Gasteiger partial charge in [0, 0.05) is 18.8 Å². The summed E-state index contributed by atoms with van der Waals surface area (Å²) in [6, 6.07) is 0. The summed E-state index contributed by atoms with van der Waals surface area (Å²) in [4.78, 5) is 23.7. The van der Waals surface area contributed by atoms with Crippen LogP contribution in [0.1, 0.15) is 67.7 Å². The van der Waals surface area contributed by atoms with E-state index in [2.05, 4.69) is 20.8 Å². The number of ketones is 2. The van der Waals surface area contributed by atoms with Gasteiger partial charge in [-0.15, -0.1) is 0 Å². The molecule has 0 amide bonds. The summed E-state index contributed by atoms with van der Waals surface area (Å²) in [6.07, 6.45) is 1.67. The van der Waals surface area contributed by atoms with Crippen LogP contribution in [0.2, 0.25) is 0 Å². The second-order valence-corrected chi connectivity index (χ2v) is 6.46. The first-order valence-electron chi connectivity index (χ1n) is 6.77. The van der Waals surface area contributed by atoms with E-state index in [1.54, 1.807) is 0 Å². The van der Waals surface area contributed by atoms with Gasteiger partial charge in [0.2, 0.25) is 0 Å². The Morgan fingerprint density at radius 3 is 1.89 bits per heavy atom. The molecule has 104 valence electrons. The van der Waals surface area contributed by atoms with E-state index in [0.717, 1.165) is 11.1 Å². The van der Waals surface area contributed by atoms with Crippen molar-refractivity contribution in [3.05, 3.63) is 11.1 Å². The van der Waals surface area contributed by atoms with E-state index in [4.69, 9.17) is 0 Å². The van der Waals surface area contributed by atoms with Gasteiger partial charge in [-0.1, -0.05) is 33.3 Å². The number of carbonyl (C=O) groups excluding carboxylic acids is 2. The third-order valence-corrected chi connectivity index (χ3v) is 3.78. The molecule has 0 fully saturated rings. The summed E-state index contributed by atoms with van der Waals surface area (Å²) in [6.45, 7) is 14.0. The molecule has 2 nitrogen and oxygen atoms in total. The second kappa shape index (κ2) is 6.86. The Balaban J connectivity index is 4.19. The molecule has 0 aliphatic carbocycles. The molecule has 0 radical (unpaired) electrons. The van der Waals surface area contributed by atoms with Gasteiger partial charge in [0.05, 0.1) is 0 Å². The highest BCUT2D eigenvalue weighted by Crippen LogP contribution is 2.27. The van der Waals surface area contributed by atoms with E-state index >= 15 is 0 Å². The van der Waals surface area contributed by atoms with Crippen LogP contribution in [-0.2, 0) is 9.59 Å². The van der Waals surface area contributed by atoms with E-state index in [1.165, 1.54) is 0 Å². The van der Waals surface area contributed by atoms with Crippen molar-refractivity contribution in [2.75, 3.05) is 0 Å². The zero-order chi connectivity index (χ0) is 14.5. The van der Waals surface area contributed by atoms with E-state index in [0.29, 0.717) is 19.3 Å². The van der Waals surface area contributed by atoms with Crippen molar-refractivity contribution >= 4 is 11.6 Å². The van der Waals surface area contributed by atoms with Gasteiger partial charge in [-0.2, -0.15) is 0 Å². The third-order valence-electron chi connectivity index (χ3n) is 3.78. The van der Waals surface area contributed by atoms with Crippen molar-refractivity contribution in [2.45, 2.75) is 67.7 Å². The van der Waals surface area contributed by atoms with Gasteiger partial charge in [-0.3, -0.25) is 9.59 Å². The van der Waals surface area contributed by atoms with E-state index in [-0.39, 0.29) is 22.9 Å². The van der Waals surface area contributed by atoms with E-state index < -0.39 is 0 Å². The minimum absolute atomic E-state index is 0.0108. The van der Waals surface area contributed by atoms with Crippen LogP contribution in [0, 0.1) is 11.3 Å². The lowest BCUT2D eigenvalue weighted by Gasteiger charge is -2.25. The summed E-state index contributed by atoms with van der Waals surface area (Å²) in [7, 11) is 0. The zero-order valence-electron chi connectivity index (χ0n) is 13.0. The third kappa shape index (κ3) is 5.61. The topological polar surface area (TPSA) is 34.1 Å². The molecule has 0 spiro atoms. The summed E-state index contributed by atoms with van der Waals surface area (Å²) < 4.78 is 0. The summed E-state index contributed by atoms with van der Waals surface area (Å²) in [5.74, 6) is 0.494. The molecule has 0 aromatic carbocycles. The molecule has 0 bridgehead atoms. The van der Waals surface area contributed by atoms with Crippen LogP contribution in [-0.4, -0.2) is 11.6 Å². The Morgan fingerprint density at radius 2 is 1.50 bits per heavy atom. The Hall–Kier alpha value is -0.920. The molecule has 0 saturated carbocycles. The smallest absolute Gasteiger partial charge is 0.158 e. The lowest BCUT2D eigenvalue weighted by atomic mass is 9.78. The van der Waals surface area contributed by atoms with Gasteiger partial charge in [-0.25, -0.2) is 0 Å². The quantitative estimate of drug-likeness (QED) is 0.659. The fraction of sp³-hybridized carbons (Fsp3) is 0.750. The molecule has 0 aliphatic rings. The van der Waals surface area contributed by atoms with Crippen molar-refractivity contribution in [3.63, 3.8) is 0 Å². The van der Waals surface area contributed by atoms with Gasteiger partial charge in [0.25, 0.3) is 0 Å². The summed E-state index contributed by atoms with van der Waals surface area (Å²) in [5.41, 5.74) is 1.91. The van der Waals surface area contributed by atoms with Crippen molar-refractivity contribution in [2.24, 2.45) is 11.3 Å². The maximum atomic E-state index is 12.0. The van der Waals surface area contributed by atoms with Crippen LogP contribution < -0.4 is 0 Å². The minimum atomic E-state index is 0.0108. The number of hydrogen-bond acceptors (Lipinski definition) is 2. The summed E-state index contributed by atoms with van der Waals surface area (Å²) >= 11 is 0. The SMILES string of the molecule is CC(C)=C(C)C(=O)CCCC(=O)C(C)C(C)(C)C. The maximum Gasteiger partial charge on any atom is 0.158 e. The van der Waals surface area contributed by atoms with Crippen LogP contribution in [0.3, 0.4) is 0 Å². The van der Waals surface area contributed by atoms with Crippen molar-refractivity contribution in [3.8, 4) is 0 Å². The van der Waals surface area contributed by atoms with Gasteiger partial charge >= 0.3 is 0 Å². The highest BCUT2D eigenvalue weighted by molar-refractivity contribution is 5.95. The van der Waals surface area contributed by atoms with Crippen LogP contribution in [0.4, 0.5) is 0 Å². The first-order chi connectivity index (χ1) is 8.07. The van der Waals surface area contributed by atoms with Gasteiger partial charge in [0.1, 0.15) is 5.78 Å². The highest BCUT2D eigenvalue weighted by atomic mass is 16.1. The Kier molecular flexibility index (Phi) is 6.51. The molecule has 0 N–H and O–H groups in total. The molecule has 0 aliphatic heterocycles. The fourth-order valence-electron chi connectivity index (χ4n) is 1.59. The van der Waals surface area contributed by atoms with Crippen molar-refractivity contribution in [1.29, 1.82) is 0 Å². The lowest BCUT2D eigenvalue weighted by Crippen LogP contribution is -2.25. The van der Waals surface area contributed by atoms with E-state index in [1.807, 2.05) is 27.7 Å². The average molecular weight is 252 g/mol. The molecular weight excluding hydrogens is 224 g/mol. The Bertz CT molecular complexity index is 339. The van der Waals surface area contributed by atoms with Crippen molar-refractivity contribution in [1.82, 2.24) is 0 Å². The monoisotopic (exact) mass is 252 g/mol. The molecule has 2 heteroatoms. The summed E-state index contributed by atoms with van der Waals surface area (Å²) in [5, 5.41) is 0. The van der Waals surface area contributed by atoms with Gasteiger partial charge in [-0.05, 0) is 38.2 Å². The van der Waals surface area contributed by atoms with Crippen LogP contribution in [0.15, 0.2) is 11.1 Å². The predicted octanol–water partition coefficient (Wildman–Crippen LogP) is 4.33. The number of hydrogen-bond donors (Lipinski definition) is 0. The fourth-order valence-corrected chi connectivity index (χ4v) is 1.59. The standard InChI is InChI=1S/C16H28O2/c1-11(2)12(3)14(17)9-8-10-15(18)13(4)16(5,6)7/h13H,8-10H2,1-7H3. The minimum Gasteiger partial charge on any atom is -0.299 e. The second-order valence-electron chi connectivity index (χ2n) is 6.46. The number of rotatable bonds is 6. The maximum absolute atomic E-state index is 12.0. The van der Waals surface area contributed by atoms with Crippen LogP contribution in [0.5, 0.6) is 0 Å². The average Bonchev–Trinajstić information content (AvgIpc) is 2.25. The number of carbonyl (C=O) groups is 2. The van der Waals surface area contributed by atoms with Crippen LogP contribution in [0.25, 0.3) is 0 Å². The molecule has 0 saturated heterocycles. The largest absolute Gasteiger partial charge is 0.299 e. The molecule has 0 heterocycles. The number of allylic oxidation sites excluding steroid dienone is 2. The van der Waals surface area contributed by atoms with Gasteiger partial charge in [0.15, 0.2) is 5.78 Å². The first kappa shape index (κ1) is 17.1. The number of Topliss-reactive ketones (excluding diaryl/α,β-unsaturated/α-hetero) is 2.